The van der Waals surface area contributed by atoms with Crippen molar-refractivity contribution in [3.05, 3.63) is 0 Å². The molecule has 0 bridgehead atoms. The van der Waals surface area contributed by atoms with Gasteiger partial charge in [-0.3, -0.25) is 4.79 Å². The Morgan fingerprint density at radius 3 is 2.11 bits per heavy atom. The summed E-state index contributed by atoms with van der Waals surface area (Å²) in [6.07, 6.45) is 6.50. The molecule has 0 spiro atoms. The summed E-state index contributed by atoms with van der Waals surface area (Å²) < 4.78 is 4.96. The maximum Gasteiger partial charge on any atom is 0.308 e. The van der Waals surface area contributed by atoms with E-state index in [1.807, 2.05) is 0 Å². The molecule has 0 fully saturated rings. The van der Waals surface area contributed by atoms with Crippen molar-refractivity contribution in [3.63, 3.8) is 0 Å². The van der Waals surface area contributed by atoms with Crippen LogP contribution in [0, 0.1) is 16.7 Å². The zero-order valence-electron chi connectivity index (χ0n) is 14.1. The molecule has 0 radical (unpaired) electrons. The first kappa shape index (κ1) is 18.5. The molecule has 0 aromatic carbocycles. The molecular formula is C17H34O2. The highest BCUT2D eigenvalue weighted by Crippen LogP contribution is 2.36. The highest BCUT2D eigenvalue weighted by Gasteiger charge is 2.29. The van der Waals surface area contributed by atoms with Crippen molar-refractivity contribution in [1.29, 1.82) is 0 Å². The number of esters is 1. The lowest BCUT2D eigenvalue weighted by Crippen LogP contribution is -2.25. The highest BCUT2D eigenvalue weighted by molar-refractivity contribution is 5.72. The lowest BCUT2D eigenvalue weighted by molar-refractivity contribution is -0.147. The fourth-order valence-electron chi connectivity index (χ4n) is 2.40. The van der Waals surface area contributed by atoms with E-state index < -0.39 is 0 Å². The lowest BCUT2D eigenvalue weighted by Gasteiger charge is -2.31. The Balaban J connectivity index is 4.49. The Morgan fingerprint density at radius 2 is 1.68 bits per heavy atom. The molecule has 0 aromatic rings. The molecule has 0 aliphatic heterocycles. The molecule has 0 saturated carbocycles. The minimum Gasteiger partial charge on any atom is -0.469 e. The van der Waals surface area contributed by atoms with Gasteiger partial charge in [-0.05, 0) is 36.5 Å². The summed E-state index contributed by atoms with van der Waals surface area (Å²) >= 11 is 0. The van der Waals surface area contributed by atoms with Crippen LogP contribution in [0.5, 0.6) is 0 Å². The molecule has 0 N–H and O–H groups in total. The summed E-state index contributed by atoms with van der Waals surface area (Å²) in [6, 6.07) is 0. The minimum absolute atomic E-state index is 0.0303. The maximum atomic E-state index is 11.9. The minimum atomic E-state index is -0.0303. The third kappa shape index (κ3) is 9.07. The first-order chi connectivity index (χ1) is 8.61. The SMILES string of the molecule is CCCCC(CC(C)(C)CCC(C)(C)C)C(=O)OC. The van der Waals surface area contributed by atoms with Crippen LogP contribution in [0.1, 0.15) is 80.1 Å². The third-order valence-corrected chi connectivity index (χ3v) is 3.79. The Kier molecular flexibility index (Phi) is 7.69. The quantitative estimate of drug-likeness (QED) is 0.566. The molecule has 0 aliphatic carbocycles. The lowest BCUT2D eigenvalue weighted by atomic mass is 9.74. The number of carbonyl (C=O) groups is 1. The first-order valence-electron chi connectivity index (χ1n) is 7.69. The monoisotopic (exact) mass is 270 g/mol. The van der Waals surface area contributed by atoms with Crippen LogP contribution in [0.4, 0.5) is 0 Å². The zero-order chi connectivity index (χ0) is 15.1. The van der Waals surface area contributed by atoms with E-state index in [0.29, 0.717) is 5.41 Å². The van der Waals surface area contributed by atoms with Crippen LogP contribution in [0.3, 0.4) is 0 Å². The molecule has 0 aliphatic rings. The van der Waals surface area contributed by atoms with E-state index in [0.717, 1.165) is 32.1 Å². The second-order valence-corrected chi connectivity index (χ2v) is 7.79. The number of unbranched alkanes of at least 4 members (excludes halogenated alkanes) is 1. The van der Waals surface area contributed by atoms with Gasteiger partial charge in [0.1, 0.15) is 0 Å². The standard InChI is InChI=1S/C17H34O2/c1-8-9-10-14(15(18)19-7)13-17(5,6)12-11-16(2,3)4/h14H,8-13H2,1-7H3. The fourth-order valence-corrected chi connectivity index (χ4v) is 2.40. The molecule has 2 heteroatoms. The Hall–Kier alpha value is -0.530. The molecule has 1 atom stereocenters. The van der Waals surface area contributed by atoms with Gasteiger partial charge in [-0.25, -0.2) is 0 Å². The van der Waals surface area contributed by atoms with Gasteiger partial charge in [-0.15, -0.1) is 0 Å². The van der Waals surface area contributed by atoms with Crippen LogP contribution in [0.2, 0.25) is 0 Å². The molecule has 0 heterocycles. The number of ether oxygens (including phenoxy) is 1. The Bertz CT molecular complexity index is 261. The van der Waals surface area contributed by atoms with Crippen molar-refractivity contribution in [1.82, 2.24) is 0 Å². The van der Waals surface area contributed by atoms with E-state index in [2.05, 4.69) is 41.5 Å². The average molecular weight is 270 g/mol. The number of carbonyl (C=O) groups excluding carboxylic acids is 1. The second kappa shape index (κ2) is 7.91. The molecule has 114 valence electrons. The summed E-state index contributed by atoms with van der Waals surface area (Å²) in [5.41, 5.74) is 0.571. The molecule has 19 heavy (non-hydrogen) atoms. The number of rotatable bonds is 8. The van der Waals surface area contributed by atoms with Crippen molar-refractivity contribution < 1.29 is 9.53 Å². The smallest absolute Gasteiger partial charge is 0.308 e. The van der Waals surface area contributed by atoms with E-state index in [-0.39, 0.29) is 17.3 Å². The zero-order valence-corrected chi connectivity index (χ0v) is 14.1. The van der Waals surface area contributed by atoms with Gasteiger partial charge in [0.05, 0.1) is 13.0 Å². The van der Waals surface area contributed by atoms with Gasteiger partial charge < -0.3 is 4.74 Å². The summed E-state index contributed by atoms with van der Waals surface area (Å²) in [6.45, 7) is 13.5. The molecule has 0 amide bonds. The van der Waals surface area contributed by atoms with E-state index in [9.17, 15) is 4.79 Å². The third-order valence-electron chi connectivity index (χ3n) is 3.79. The van der Waals surface area contributed by atoms with E-state index in [4.69, 9.17) is 4.74 Å². The molecule has 0 saturated heterocycles. The summed E-state index contributed by atoms with van der Waals surface area (Å²) in [7, 11) is 1.50. The molecule has 2 nitrogen and oxygen atoms in total. The summed E-state index contributed by atoms with van der Waals surface area (Å²) in [4.78, 5) is 11.9. The number of hydrogen-bond acceptors (Lipinski definition) is 2. The Labute approximate surface area is 120 Å². The predicted octanol–water partition coefficient (Wildman–Crippen LogP) is 5.21. The van der Waals surface area contributed by atoms with Gasteiger partial charge in [0.15, 0.2) is 0 Å². The van der Waals surface area contributed by atoms with Crippen LogP contribution in [-0.2, 0) is 9.53 Å². The van der Waals surface area contributed by atoms with Gasteiger partial charge >= 0.3 is 5.97 Å². The van der Waals surface area contributed by atoms with Crippen molar-refractivity contribution in [2.24, 2.45) is 16.7 Å². The highest BCUT2D eigenvalue weighted by atomic mass is 16.5. The largest absolute Gasteiger partial charge is 0.469 e. The van der Waals surface area contributed by atoms with Gasteiger partial charge in [0.25, 0.3) is 0 Å². The van der Waals surface area contributed by atoms with E-state index in [1.165, 1.54) is 13.5 Å². The summed E-state index contributed by atoms with van der Waals surface area (Å²) in [5, 5.41) is 0. The van der Waals surface area contributed by atoms with Gasteiger partial charge in [0, 0.05) is 0 Å². The van der Waals surface area contributed by atoms with Crippen LogP contribution in [-0.4, -0.2) is 13.1 Å². The molecule has 0 rings (SSSR count). The van der Waals surface area contributed by atoms with Crippen LogP contribution in [0.25, 0.3) is 0 Å². The first-order valence-corrected chi connectivity index (χ1v) is 7.69. The van der Waals surface area contributed by atoms with Crippen LogP contribution in [0.15, 0.2) is 0 Å². The average Bonchev–Trinajstić information content (AvgIpc) is 2.30. The topological polar surface area (TPSA) is 26.3 Å². The predicted molar refractivity (Wildman–Crippen MR) is 82.1 cm³/mol. The number of methoxy groups -OCH3 is 1. The molecular weight excluding hydrogens is 236 g/mol. The number of hydrogen-bond donors (Lipinski definition) is 0. The second-order valence-electron chi connectivity index (χ2n) is 7.79. The normalized spacial score (nSPS) is 14.3. The van der Waals surface area contributed by atoms with E-state index >= 15 is 0 Å². The van der Waals surface area contributed by atoms with Crippen LogP contribution >= 0.6 is 0 Å². The molecule has 1 unspecified atom stereocenters. The van der Waals surface area contributed by atoms with Crippen molar-refractivity contribution >= 4 is 5.97 Å². The molecule has 0 aromatic heterocycles. The van der Waals surface area contributed by atoms with Crippen molar-refractivity contribution in [3.8, 4) is 0 Å². The maximum absolute atomic E-state index is 11.9. The van der Waals surface area contributed by atoms with E-state index in [1.54, 1.807) is 0 Å². The summed E-state index contributed by atoms with van der Waals surface area (Å²) in [5.74, 6) is 0.0391. The van der Waals surface area contributed by atoms with Crippen LogP contribution < -0.4 is 0 Å². The fraction of sp³-hybridized carbons (Fsp3) is 0.941. The van der Waals surface area contributed by atoms with Gasteiger partial charge in [-0.1, -0.05) is 54.4 Å². The van der Waals surface area contributed by atoms with Crippen molar-refractivity contribution in [2.45, 2.75) is 80.1 Å². The van der Waals surface area contributed by atoms with Gasteiger partial charge in [0.2, 0.25) is 0 Å². The van der Waals surface area contributed by atoms with Crippen molar-refractivity contribution in [2.75, 3.05) is 7.11 Å². The Morgan fingerprint density at radius 1 is 1.11 bits per heavy atom. The van der Waals surface area contributed by atoms with Gasteiger partial charge in [-0.2, -0.15) is 0 Å².